The fourth-order valence-corrected chi connectivity index (χ4v) is 9.43. The first-order valence-corrected chi connectivity index (χ1v) is 56.0. The van der Waals surface area contributed by atoms with Crippen molar-refractivity contribution in [1.82, 2.24) is 43.9 Å². The van der Waals surface area contributed by atoms with E-state index in [9.17, 15) is 0 Å². The number of fused-ring (bicyclic) bond motifs is 2. The van der Waals surface area contributed by atoms with Gasteiger partial charge in [-0.2, -0.15) is 15.3 Å². The quantitative estimate of drug-likeness (QED) is 0.162. The summed E-state index contributed by atoms with van der Waals surface area (Å²) < 4.78 is 13.6. The number of rotatable bonds is 1. The van der Waals surface area contributed by atoms with Gasteiger partial charge in [0.1, 0.15) is 5.76 Å². The molecule has 0 atom stereocenters. The molecular weight excluding hydrogens is 1840 g/mol. The Hall–Kier alpha value is -7.05. The van der Waals surface area contributed by atoms with Gasteiger partial charge in [-0.25, -0.2) is 0 Å². The third-order valence-corrected chi connectivity index (χ3v) is 15.0. The zero-order valence-corrected chi connectivity index (χ0v) is 108. The Morgan fingerprint density at radius 1 is 0.312 bits per heavy atom. The highest BCUT2D eigenvalue weighted by Gasteiger charge is 2.07. The van der Waals surface area contributed by atoms with Gasteiger partial charge in [0.25, 0.3) is 0 Å². The molecule has 0 fully saturated rings. The van der Waals surface area contributed by atoms with Crippen LogP contribution in [0, 0.1) is 107 Å². The number of hydrogen-bond donors (Lipinski definition) is 0. The maximum absolute atomic E-state index is 4.83. The minimum Gasteiger partial charge on any atom is -0.470 e. The standard InChI is InChI=1S/C10H12.C8H6S.C5H8N2.C5H7N.C5H6O.3C5H6S.11C5H12.2C4H6N2.2C4H5NS.C4H10.C2H6/c1-2-6-10-8-4-3-7-9(10)5-1;1-2-4-8-7(3-1)5-6-9-8;1-2-7-5-3-4-6-7;1-6-4-2-3-5-6;4*1-5-3-2-4-6-5;11*1-5(2,3)4;2*1-6-4-2-3-5-6;1-4-2-5-3-6-4;1-4-5-2-3-6-4;1-4(2)3;1-2/h1-2,5-6H,3-4,7-8H2;1-6H;3-5H,2H2,1H3;2-5H,1H3;4*2-4H,1H3;11*1-4H3;2*2-4H,1H3;2*2-3H,1H3;4H,1-3H3;1-2H3. The molecule has 1 aliphatic rings. The van der Waals surface area contributed by atoms with Gasteiger partial charge in [-0.15, -0.1) is 68.0 Å². The number of furan rings is 1. The minimum absolute atomic E-state index is 0.500. The van der Waals surface area contributed by atoms with Gasteiger partial charge in [-0.1, -0.05) is 400 Å². The van der Waals surface area contributed by atoms with E-state index in [1.54, 1.807) is 120 Å². The summed E-state index contributed by atoms with van der Waals surface area (Å²) in [6.45, 7) is 122. The van der Waals surface area contributed by atoms with Crippen molar-refractivity contribution in [2.45, 2.75) is 420 Å². The molecule has 0 unspecified atom stereocenters. The molecule has 11 aromatic heterocycles. The molecule has 10 nitrogen and oxygen atoms in total. The van der Waals surface area contributed by atoms with Crippen LogP contribution in [0.4, 0.5) is 0 Å². The van der Waals surface area contributed by atoms with Crippen molar-refractivity contribution in [1.29, 1.82) is 0 Å². The van der Waals surface area contributed by atoms with Crippen LogP contribution in [0.15, 0.2) is 239 Å². The van der Waals surface area contributed by atoms with Crippen molar-refractivity contribution < 1.29 is 4.42 Å². The van der Waals surface area contributed by atoms with Gasteiger partial charge < -0.3 is 8.98 Å². The predicted octanol–water partition coefficient (Wildman–Crippen LogP) is 44.2. The fourth-order valence-electron chi connectivity index (χ4n) is 6.20. The highest BCUT2D eigenvalue weighted by molar-refractivity contribution is 7.17. The van der Waals surface area contributed by atoms with Crippen LogP contribution in [-0.4, -0.2) is 43.9 Å². The fraction of sp³-hybridized carbons (Fsp3) is 0.608. The molecular formula is C125H227N9OS6. The molecule has 11 heterocycles. The largest absolute Gasteiger partial charge is 0.470 e. The smallest absolute Gasteiger partial charge is 0.100 e. The van der Waals surface area contributed by atoms with Crippen LogP contribution in [0.5, 0.6) is 0 Å². The summed E-state index contributed by atoms with van der Waals surface area (Å²) in [7, 11) is 5.78. The summed E-state index contributed by atoms with van der Waals surface area (Å²) in [5.41, 5.74) is 10.5. The summed E-state index contributed by atoms with van der Waals surface area (Å²) in [4.78, 5) is 13.2. The highest BCUT2D eigenvalue weighted by Crippen LogP contribution is 2.22. The highest BCUT2D eigenvalue weighted by atomic mass is 32.1. The monoisotopic (exact) mass is 2060 g/mol. The van der Waals surface area contributed by atoms with Gasteiger partial charge in [0.2, 0.25) is 0 Å². The number of thiophene rings is 4. The van der Waals surface area contributed by atoms with E-state index in [1.807, 2.05) is 156 Å². The van der Waals surface area contributed by atoms with Crippen LogP contribution in [0.3, 0.4) is 0 Å². The normalized spacial score (nSPS) is 10.6. The van der Waals surface area contributed by atoms with E-state index in [2.05, 4.69) is 491 Å². The third-order valence-electron chi connectivity index (χ3n) is 10.3. The maximum atomic E-state index is 4.83. The molecule has 0 spiro atoms. The van der Waals surface area contributed by atoms with Gasteiger partial charge in [-0.3, -0.25) is 24.0 Å². The van der Waals surface area contributed by atoms with Crippen LogP contribution < -0.4 is 0 Å². The van der Waals surface area contributed by atoms with Crippen LogP contribution >= 0.6 is 68.0 Å². The van der Waals surface area contributed by atoms with E-state index in [-0.39, 0.29) is 0 Å². The summed E-state index contributed by atoms with van der Waals surface area (Å²) in [6, 6.07) is 45.3. The van der Waals surface area contributed by atoms with E-state index in [4.69, 9.17) is 4.42 Å². The average Bonchev–Trinajstić information content (AvgIpc) is 1.86. The molecule has 13 aromatic rings. The molecule has 0 amide bonds. The number of benzene rings is 2. The van der Waals surface area contributed by atoms with Crippen molar-refractivity contribution in [2.75, 3.05) is 0 Å². The lowest BCUT2D eigenvalue weighted by atomic mass is 9.92. The van der Waals surface area contributed by atoms with Crippen molar-refractivity contribution in [3.63, 3.8) is 0 Å². The lowest BCUT2D eigenvalue weighted by Gasteiger charge is -2.13. The molecule has 0 saturated heterocycles. The zero-order valence-electron chi connectivity index (χ0n) is 103. The molecule has 0 N–H and O–H groups in total. The van der Waals surface area contributed by atoms with E-state index in [0.29, 0.717) is 59.6 Å². The first-order chi connectivity index (χ1) is 63.6. The molecule has 0 saturated carbocycles. The number of aromatic nitrogens is 9. The van der Waals surface area contributed by atoms with E-state index < -0.39 is 0 Å². The van der Waals surface area contributed by atoms with E-state index in [0.717, 1.165) is 23.2 Å². The molecule has 16 heteroatoms. The van der Waals surface area contributed by atoms with Gasteiger partial charge in [0.05, 0.1) is 16.8 Å². The Labute approximate surface area is 901 Å². The summed E-state index contributed by atoms with van der Waals surface area (Å²) in [5.74, 6) is 1.80. The first kappa shape index (κ1) is 157. The Balaban J connectivity index is -0.000000139. The molecule has 14 rings (SSSR count). The van der Waals surface area contributed by atoms with Crippen LogP contribution in [0.1, 0.15) is 400 Å². The van der Waals surface area contributed by atoms with Gasteiger partial charge in [0, 0.05) is 119 Å². The van der Waals surface area contributed by atoms with Crippen LogP contribution in [0.25, 0.3) is 10.1 Å². The summed E-state index contributed by atoms with van der Waals surface area (Å²) >= 11 is 10.5. The molecule has 0 bridgehead atoms. The minimum atomic E-state index is 0.500. The Kier molecular flexibility index (Phi) is 101. The molecule has 0 radical (unpaired) electrons. The molecule has 141 heavy (non-hydrogen) atoms. The average molecular weight is 2060 g/mol. The van der Waals surface area contributed by atoms with Gasteiger partial charge in [0.15, 0.2) is 0 Å². The predicted molar refractivity (Wildman–Crippen MR) is 657 cm³/mol. The van der Waals surface area contributed by atoms with Gasteiger partial charge in [-0.05, 0) is 250 Å². The van der Waals surface area contributed by atoms with E-state index >= 15 is 0 Å². The number of aryl methyl sites for hydroxylation is 12. The van der Waals surface area contributed by atoms with Gasteiger partial charge >= 0.3 is 0 Å². The second kappa shape index (κ2) is 90.5. The van der Waals surface area contributed by atoms with Crippen molar-refractivity contribution in [3.8, 4) is 0 Å². The first-order valence-electron chi connectivity index (χ1n) is 50.8. The number of nitrogens with zero attached hydrogens (tertiary/aromatic N) is 9. The number of thiazole rings is 2. The second-order valence-electron chi connectivity index (χ2n) is 51.8. The van der Waals surface area contributed by atoms with Crippen LogP contribution in [-0.2, 0) is 40.5 Å². The third kappa shape index (κ3) is 228. The topological polar surface area (TPSA) is 97.3 Å². The lowest BCUT2D eigenvalue weighted by molar-refractivity contribution is 0.469. The van der Waals surface area contributed by atoms with Crippen molar-refractivity contribution in [3.05, 3.63) is 276 Å². The number of hydrogen-bond acceptors (Lipinski definition) is 12. The Bertz CT molecular complexity index is 3610. The Morgan fingerprint density at radius 3 is 0.773 bits per heavy atom. The lowest BCUT2D eigenvalue weighted by Crippen LogP contribution is -2.00. The SMILES string of the molecule is CC.CC(C)(C)C.CC(C)(C)C.CC(C)(C)C.CC(C)(C)C.CC(C)(C)C.CC(C)(C)C.CC(C)(C)C.CC(C)(C)C.CC(C)(C)C.CC(C)(C)C.CC(C)(C)C.CC(C)C.CCn1cccn1.Cc1ccco1.Cc1cccs1.Cc1cccs1.Cc1cccs1.Cc1cncs1.Cc1nccs1.Cn1cccc1.Cn1cccn1.Cn1cccn1.c1ccc2c(c1)CCCC2.c1ccc2sccc2c1. The summed E-state index contributed by atoms with van der Waals surface area (Å²) in [6.07, 6.45) is 25.7. The molecule has 2 aromatic carbocycles. The zero-order chi connectivity index (χ0) is 113. The van der Waals surface area contributed by atoms with Crippen molar-refractivity contribution >= 4 is 78.1 Å². The van der Waals surface area contributed by atoms with E-state index in [1.165, 1.54) is 55.3 Å². The molecule has 0 aliphatic heterocycles. The van der Waals surface area contributed by atoms with Crippen molar-refractivity contribution in [2.24, 2.45) is 86.6 Å². The molecule has 1 aliphatic carbocycles. The molecule has 814 valence electrons. The Morgan fingerprint density at radius 2 is 0.624 bits per heavy atom. The second-order valence-corrected chi connectivity index (χ2v) is 58.4. The summed E-state index contributed by atoms with van der Waals surface area (Å²) in [5, 5.41) is 24.4. The van der Waals surface area contributed by atoms with Crippen LogP contribution in [0.2, 0.25) is 0 Å². The maximum Gasteiger partial charge on any atom is 0.100 e.